The van der Waals surface area contributed by atoms with Crippen molar-refractivity contribution in [1.29, 1.82) is 0 Å². The highest BCUT2D eigenvalue weighted by molar-refractivity contribution is 7.15. The van der Waals surface area contributed by atoms with Crippen molar-refractivity contribution < 1.29 is 4.79 Å². The maximum Gasteiger partial charge on any atom is 0.224 e. The van der Waals surface area contributed by atoms with Crippen LogP contribution in [0.2, 0.25) is 0 Å². The van der Waals surface area contributed by atoms with Gasteiger partial charge in [-0.1, -0.05) is 36.8 Å². The van der Waals surface area contributed by atoms with Crippen LogP contribution >= 0.6 is 11.3 Å². The fourth-order valence-corrected chi connectivity index (χ4v) is 3.52. The molecule has 23 heavy (non-hydrogen) atoms. The first-order chi connectivity index (χ1) is 10.9. The molecule has 0 radical (unpaired) electrons. The second-order valence-electron chi connectivity index (χ2n) is 6.02. The molecule has 0 fully saturated rings. The van der Waals surface area contributed by atoms with E-state index in [1.807, 2.05) is 27.8 Å². The lowest BCUT2D eigenvalue weighted by Crippen LogP contribution is -2.35. The van der Waals surface area contributed by atoms with Gasteiger partial charge in [-0.25, -0.2) is 4.98 Å². The number of nitrogens with one attached hydrogen (secondary N) is 2. The van der Waals surface area contributed by atoms with E-state index in [0.29, 0.717) is 6.54 Å². The Morgan fingerprint density at radius 1 is 1.22 bits per heavy atom. The number of rotatable bonds is 6. The second kappa shape index (κ2) is 7.70. The number of aromatic nitrogens is 1. The molecule has 0 spiro atoms. The van der Waals surface area contributed by atoms with Crippen molar-refractivity contribution in [2.75, 3.05) is 13.6 Å². The Kier molecular flexibility index (Phi) is 5.91. The Hall–Kier alpha value is -1.72. The van der Waals surface area contributed by atoms with E-state index in [2.05, 4.69) is 46.8 Å². The minimum absolute atomic E-state index is 0.0292. The van der Waals surface area contributed by atoms with Gasteiger partial charge in [0.05, 0.1) is 16.6 Å². The Bertz CT molecular complexity index is 663. The number of hydrogen-bond donors (Lipinski definition) is 2. The van der Waals surface area contributed by atoms with Gasteiger partial charge in [0.15, 0.2) is 0 Å². The van der Waals surface area contributed by atoms with Gasteiger partial charge in [0, 0.05) is 18.0 Å². The fourth-order valence-electron chi connectivity index (χ4n) is 2.45. The van der Waals surface area contributed by atoms with Crippen LogP contribution in [0.1, 0.15) is 36.0 Å². The second-order valence-corrected chi connectivity index (χ2v) is 7.05. The van der Waals surface area contributed by atoms with Crippen LogP contribution in [0.4, 0.5) is 0 Å². The molecular weight excluding hydrogens is 306 g/mol. The van der Waals surface area contributed by atoms with Gasteiger partial charge in [0.1, 0.15) is 5.01 Å². The summed E-state index contributed by atoms with van der Waals surface area (Å²) in [7, 11) is 1.86. The van der Waals surface area contributed by atoms with Crippen molar-refractivity contribution >= 4 is 17.2 Å². The highest BCUT2D eigenvalue weighted by Gasteiger charge is 2.19. The molecule has 1 aromatic carbocycles. The predicted molar refractivity (Wildman–Crippen MR) is 96.7 cm³/mol. The quantitative estimate of drug-likeness (QED) is 0.852. The Morgan fingerprint density at radius 3 is 2.48 bits per heavy atom. The van der Waals surface area contributed by atoms with Crippen molar-refractivity contribution in [2.24, 2.45) is 5.92 Å². The van der Waals surface area contributed by atoms with E-state index < -0.39 is 0 Å². The van der Waals surface area contributed by atoms with Gasteiger partial charge in [0.25, 0.3) is 0 Å². The summed E-state index contributed by atoms with van der Waals surface area (Å²) in [6.07, 6.45) is 0. The fraction of sp³-hybridized carbons (Fsp3) is 0.444. The molecule has 1 amide bonds. The molecule has 124 valence electrons. The van der Waals surface area contributed by atoms with Gasteiger partial charge in [-0.05, 0) is 27.8 Å². The Morgan fingerprint density at radius 2 is 1.87 bits per heavy atom. The Balaban J connectivity index is 2.14. The number of carbonyl (C=O) groups excluding carboxylic acids is 1. The maximum atomic E-state index is 12.2. The molecule has 0 aliphatic carbocycles. The normalized spacial score (nSPS) is 13.6. The standard InChI is InChI=1S/C18H25N3OS/c1-11-6-8-15(9-7-11)18-21-14(4)16(23-18)13(3)20-17(22)12(2)10-19-5/h6-9,12-13,19H,10H2,1-5H3,(H,20,22). The van der Waals surface area contributed by atoms with E-state index >= 15 is 0 Å². The summed E-state index contributed by atoms with van der Waals surface area (Å²) in [4.78, 5) is 18.0. The summed E-state index contributed by atoms with van der Waals surface area (Å²) in [6, 6.07) is 8.34. The number of aryl methyl sites for hydroxylation is 2. The number of carbonyl (C=O) groups is 1. The van der Waals surface area contributed by atoms with Crippen LogP contribution in [0, 0.1) is 19.8 Å². The van der Waals surface area contributed by atoms with E-state index in [1.165, 1.54) is 5.56 Å². The van der Waals surface area contributed by atoms with Crippen LogP contribution in [-0.2, 0) is 4.79 Å². The van der Waals surface area contributed by atoms with Crippen LogP contribution in [-0.4, -0.2) is 24.5 Å². The minimum Gasteiger partial charge on any atom is -0.348 e. The van der Waals surface area contributed by atoms with Gasteiger partial charge < -0.3 is 10.6 Å². The molecule has 2 atom stereocenters. The zero-order valence-corrected chi connectivity index (χ0v) is 15.3. The van der Waals surface area contributed by atoms with Crippen molar-refractivity contribution in [2.45, 2.75) is 33.7 Å². The molecule has 4 nitrogen and oxygen atoms in total. The lowest BCUT2D eigenvalue weighted by molar-refractivity contribution is -0.125. The number of benzene rings is 1. The van der Waals surface area contributed by atoms with Crippen molar-refractivity contribution in [3.8, 4) is 10.6 Å². The van der Waals surface area contributed by atoms with E-state index in [0.717, 1.165) is 21.1 Å². The van der Waals surface area contributed by atoms with E-state index in [9.17, 15) is 4.79 Å². The zero-order chi connectivity index (χ0) is 17.0. The topological polar surface area (TPSA) is 54.0 Å². The highest BCUT2D eigenvalue weighted by atomic mass is 32.1. The molecule has 5 heteroatoms. The SMILES string of the molecule is CNCC(C)C(=O)NC(C)c1sc(-c2ccc(C)cc2)nc1C. The van der Waals surface area contributed by atoms with Crippen molar-refractivity contribution in [3.05, 3.63) is 40.4 Å². The van der Waals surface area contributed by atoms with Gasteiger partial charge in [-0.2, -0.15) is 0 Å². The lowest BCUT2D eigenvalue weighted by Gasteiger charge is -2.16. The van der Waals surface area contributed by atoms with Crippen LogP contribution in [0.15, 0.2) is 24.3 Å². The van der Waals surface area contributed by atoms with Crippen LogP contribution in [0.3, 0.4) is 0 Å². The first-order valence-electron chi connectivity index (χ1n) is 7.91. The number of nitrogens with zero attached hydrogens (tertiary/aromatic N) is 1. The van der Waals surface area contributed by atoms with E-state index in [1.54, 1.807) is 11.3 Å². The van der Waals surface area contributed by atoms with Crippen LogP contribution < -0.4 is 10.6 Å². The van der Waals surface area contributed by atoms with Gasteiger partial charge in [-0.3, -0.25) is 4.79 Å². The van der Waals surface area contributed by atoms with Gasteiger partial charge in [0.2, 0.25) is 5.91 Å². The third kappa shape index (κ3) is 4.39. The summed E-state index contributed by atoms with van der Waals surface area (Å²) in [5, 5.41) is 7.12. The molecule has 2 aromatic rings. The first-order valence-corrected chi connectivity index (χ1v) is 8.73. The molecular formula is C18H25N3OS. The molecule has 0 saturated heterocycles. The minimum atomic E-state index is -0.0488. The molecule has 1 aromatic heterocycles. The molecule has 0 saturated carbocycles. The average Bonchev–Trinajstić information content (AvgIpc) is 2.90. The number of thiazole rings is 1. The summed E-state index contributed by atoms with van der Waals surface area (Å²) < 4.78 is 0. The van der Waals surface area contributed by atoms with Crippen LogP contribution in [0.5, 0.6) is 0 Å². The van der Waals surface area contributed by atoms with Crippen molar-refractivity contribution in [3.63, 3.8) is 0 Å². The Labute approximate surface area is 142 Å². The van der Waals surface area contributed by atoms with Gasteiger partial charge >= 0.3 is 0 Å². The average molecular weight is 331 g/mol. The molecule has 2 rings (SSSR count). The highest BCUT2D eigenvalue weighted by Crippen LogP contribution is 2.31. The van der Waals surface area contributed by atoms with Crippen LogP contribution in [0.25, 0.3) is 10.6 Å². The predicted octanol–water partition coefficient (Wildman–Crippen LogP) is 3.46. The van der Waals surface area contributed by atoms with Crippen molar-refractivity contribution in [1.82, 2.24) is 15.6 Å². The molecule has 2 unspecified atom stereocenters. The molecule has 0 aliphatic rings. The summed E-state index contributed by atoms with van der Waals surface area (Å²) in [5.74, 6) is 0.0174. The van der Waals surface area contributed by atoms with E-state index in [-0.39, 0.29) is 17.9 Å². The smallest absolute Gasteiger partial charge is 0.224 e. The third-order valence-corrected chi connectivity index (χ3v) is 5.23. The maximum absolute atomic E-state index is 12.2. The summed E-state index contributed by atoms with van der Waals surface area (Å²) in [5.41, 5.74) is 3.35. The molecule has 0 bridgehead atoms. The first kappa shape index (κ1) is 17.6. The number of hydrogen-bond acceptors (Lipinski definition) is 4. The third-order valence-electron chi connectivity index (χ3n) is 3.84. The lowest BCUT2D eigenvalue weighted by atomic mass is 10.1. The molecule has 1 heterocycles. The number of amides is 1. The zero-order valence-electron chi connectivity index (χ0n) is 14.4. The largest absolute Gasteiger partial charge is 0.348 e. The summed E-state index contributed by atoms with van der Waals surface area (Å²) >= 11 is 1.65. The monoisotopic (exact) mass is 331 g/mol. The van der Waals surface area contributed by atoms with E-state index in [4.69, 9.17) is 0 Å². The molecule has 2 N–H and O–H groups in total. The van der Waals surface area contributed by atoms with Gasteiger partial charge in [-0.15, -0.1) is 11.3 Å². The summed E-state index contributed by atoms with van der Waals surface area (Å²) in [6.45, 7) is 8.70. The molecule has 0 aliphatic heterocycles.